The minimum absolute atomic E-state index is 0.144. The van der Waals surface area contributed by atoms with E-state index in [1.165, 1.54) is 0 Å². The Bertz CT molecular complexity index is 465. The van der Waals surface area contributed by atoms with Gasteiger partial charge in [0.2, 0.25) is 0 Å². The summed E-state index contributed by atoms with van der Waals surface area (Å²) in [5.74, 6) is 0.174. The van der Waals surface area contributed by atoms with Crippen molar-refractivity contribution in [1.82, 2.24) is 0 Å². The van der Waals surface area contributed by atoms with E-state index in [4.69, 9.17) is 9.78 Å². The Balaban J connectivity index is 2.26. The lowest BCUT2D eigenvalue weighted by molar-refractivity contribution is -0.332. The van der Waals surface area contributed by atoms with Gasteiger partial charge in [0.05, 0.1) is 0 Å². The van der Waals surface area contributed by atoms with Crippen LogP contribution in [0.2, 0.25) is 0 Å². The molecule has 4 heteroatoms. The molecule has 1 aromatic rings. The standard InChI is InChI=1S/C14H16O4/c1-2-4-13(16)14-8-7-10-5-3-6-12(15)11(10)9-17-18-14/h2-8,13-16H,9H2,1H3/t13-,14-/m0/s1. The molecule has 2 atom stereocenters. The van der Waals surface area contributed by atoms with Gasteiger partial charge in [0.25, 0.3) is 0 Å². The average molecular weight is 248 g/mol. The lowest BCUT2D eigenvalue weighted by Gasteiger charge is -2.19. The van der Waals surface area contributed by atoms with E-state index in [0.29, 0.717) is 5.56 Å². The molecule has 96 valence electrons. The third-order valence-corrected chi connectivity index (χ3v) is 2.76. The molecule has 18 heavy (non-hydrogen) atoms. The van der Waals surface area contributed by atoms with Gasteiger partial charge in [0, 0.05) is 5.56 Å². The molecule has 0 fully saturated rings. The molecule has 0 radical (unpaired) electrons. The number of aliphatic hydroxyl groups excluding tert-OH is 1. The number of fused-ring (bicyclic) bond motifs is 1. The summed E-state index contributed by atoms with van der Waals surface area (Å²) in [5, 5.41) is 19.5. The Hall–Kier alpha value is -1.62. The number of aliphatic hydroxyl groups is 1. The third kappa shape index (κ3) is 2.79. The van der Waals surface area contributed by atoms with Gasteiger partial charge in [0.1, 0.15) is 24.6 Å². The first-order valence-electron chi connectivity index (χ1n) is 5.80. The number of hydrogen-bond acceptors (Lipinski definition) is 4. The Morgan fingerprint density at radius 2 is 2.28 bits per heavy atom. The molecule has 0 bridgehead atoms. The summed E-state index contributed by atoms with van der Waals surface area (Å²) in [5.41, 5.74) is 1.53. The smallest absolute Gasteiger partial charge is 0.141 e. The van der Waals surface area contributed by atoms with E-state index in [1.807, 2.05) is 19.1 Å². The lowest BCUT2D eigenvalue weighted by atomic mass is 10.0. The normalized spacial score (nSPS) is 21.3. The molecule has 0 unspecified atom stereocenters. The van der Waals surface area contributed by atoms with Crippen molar-refractivity contribution in [2.75, 3.05) is 0 Å². The third-order valence-electron chi connectivity index (χ3n) is 2.76. The fourth-order valence-electron chi connectivity index (χ4n) is 1.78. The van der Waals surface area contributed by atoms with Gasteiger partial charge in [-0.1, -0.05) is 30.4 Å². The Morgan fingerprint density at radius 1 is 1.44 bits per heavy atom. The number of benzene rings is 1. The molecular formula is C14H16O4. The van der Waals surface area contributed by atoms with E-state index in [-0.39, 0.29) is 12.4 Å². The van der Waals surface area contributed by atoms with E-state index in [2.05, 4.69) is 0 Å². The zero-order chi connectivity index (χ0) is 13.0. The van der Waals surface area contributed by atoms with Crippen LogP contribution in [0.5, 0.6) is 5.75 Å². The highest BCUT2D eigenvalue weighted by atomic mass is 17.2. The number of hydrogen-bond donors (Lipinski definition) is 2. The minimum atomic E-state index is -0.759. The number of rotatable bonds is 2. The molecule has 1 aromatic carbocycles. The van der Waals surface area contributed by atoms with Gasteiger partial charge in [-0.25, -0.2) is 9.78 Å². The Kier molecular flexibility index (Phi) is 4.15. The molecule has 1 heterocycles. The predicted molar refractivity (Wildman–Crippen MR) is 67.6 cm³/mol. The van der Waals surface area contributed by atoms with Crippen molar-refractivity contribution in [2.45, 2.75) is 25.7 Å². The number of phenolic OH excluding ortho intramolecular Hbond substituents is 1. The van der Waals surface area contributed by atoms with Crippen LogP contribution in [-0.2, 0) is 16.4 Å². The molecule has 0 saturated heterocycles. The molecular weight excluding hydrogens is 232 g/mol. The zero-order valence-corrected chi connectivity index (χ0v) is 10.1. The van der Waals surface area contributed by atoms with Gasteiger partial charge >= 0.3 is 0 Å². The highest BCUT2D eigenvalue weighted by Crippen LogP contribution is 2.25. The van der Waals surface area contributed by atoms with Crippen LogP contribution in [0, 0.1) is 0 Å². The van der Waals surface area contributed by atoms with Crippen LogP contribution in [0.3, 0.4) is 0 Å². The van der Waals surface area contributed by atoms with Crippen LogP contribution in [0.4, 0.5) is 0 Å². The molecule has 0 amide bonds. The number of phenols is 1. The van der Waals surface area contributed by atoms with Crippen LogP contribution in [-0.4, -0.2) is 22.4 Å². The van der Waals surface area contributed by atoms with Gasteiger partial charge in [0.15, 0.2) is 0 Å². The Morgan fingerprint density at radius 3 is 3.06 bits per heavy atom. The first kappa shape index (κ1) is 12.8. The van der Waals surface area contributed by atoms with Gasteiger partial charge in [-0.15, -0.1) is 0 Å². The van der Waals surface area contributed by atoms with Gasteiger partial charge in [-0.3, -0.25) is 0 Å². The summed E-state index contributed by atoms with van der Waals surface area (Å²) in [6.07, 6.45) is 5.59. The Labute approximate surface area is 106 Å². The quantitative estimate of drug-likeness (QED) is 0.622. The molecule has 2 rings (SSSR count). The van der Waals surface area contributed by atoms with Crippen LogP contribution < -0.4 is 0 Å². The molecule has 0 saturated carbocycles. The summed E-state index contributed by atoms with van der Waals surface area (Å²) >= 11 is 0. The molecule has 4 nitrogen and oxygen atoms in total. The van der Waals surface area contributed by atoms with Crippen molar-refractivity contribution in [3.8, 4) is 5.75 Å². The van der Waals surface area contributed by atoms with E-state index >= 15 is 0 Å². The second kappa shape index (κ2) is 5.82. The van der Waals surface area contributed by atoms with Crippen LogP contribution in [0.25, 0.3) is 6.08 Å². The van der Waals surface area contributed by atoms with Crippen LogP contribution >= 0.6 is 0 Å². The number of allylic oxidation sites excluding steroid dienone is 1. The average Bonchev–Trinajstić information content (AvgIpc) is 2.31. The SMILES string of the molecule is CC=C[C@H](O)[C@@H]1C=Cc2cccc(O)c2COO1. The van der Waals surface area contributed by atoms with Crippen molar-refractivity contribution in [3.05, 3.63) is 47.6 Å². The number of aromatic hydroxyl groups is 1. The van der Waals surface area contributed by atoms with E-state index in [9.17, 15) is 10.2 Å². The van der Waals surface area contributed by atoms with Gasteiger partial charge in [-0.2, -0.15) is 0 Å². The van der Waals surface area contributed by atoms with Crippen molar-refractivity contribution in [3.63, 3.8) is 0 Å². The van der Waals surface area contributed by atoms with Crippen LogP contribution in [0.1, 0.15) is 18.1 Å². The summed E-state index contributed by atoms with van der Waals surface area (Å²) < 4.78 is 0. The predicted octanol–water partition coefficient (Wildman–Crippen LogP) is 2.17. The van der Waals surface area contributed by atoms with Crippen molar-refractivity contribution in [2.24, 2.45) is 0 Å². The van der Waals surface area contributed by atoms with Crippen molar-refractivity contribution in [1.29, 1.82) is 0 Å². The summed E-state index contributed by atoms with van der Waals surface area (Å²) in [6.45, 7) is 1.97. The second-order valence-corrected chi connectivity index (χ2v) is 4.04. The van der Waals surface area contributed by atoms with Crippen molar-refractivity contribution < 1.29 is 20.0 Å². The van der Waals surface area contributed by atoms with Crippen molar-refractivity contribution >= 4 is 6.08 Å². The van der Waals surface area contributed by atoms with E-state index in [0.717, 1.165) is 5.56 Å². The monoisotopic (exact) mass is 248 g/mol. The highest BCUT2D eigenvalue weighted by Gasteiger charge is 2.18. The molecule has 0 spiro atoms. The van der Waals surface area contributed by atoms with Crippen LogP contribution in [0.15, 0.2) is 36.4 Å². The fraction of sp³-hybridized carbons (Fsp3) is 0.286. The van der Waals surface area contributed by atoms with E-state index in [1.54, 1.807) is 30.4 Å². The van der Waals surface area contributed by atoms with Gasteiger partial charge < -0.3 is 10.2 Å². The largest absolute Gasteiger partial charge is 0.508 e. The first-order valence-corrected chi connectivity index (χ1v) is 5.80. The zero-order valence-electron chi connectivity index (χ0n) is 10.1. The topological polar surface area (TPSA) is 58.9 Å². The second-order valence-electron chi connectivity index (χ2n) is 4.04. The maximum absolute atomic E-state index is 9.80. The maximum Gasteiger partial charge on any atom is 0.141 e. The first-order chi connectivity index (χ1) is 8.72. The maximum atomic E-state index is 9.80. The lowest BCUT2D eigenvalue weighted by Crippen LogP contribution is -2.26. The summed E-state index contributed by atoms with van der Waals surface area (Å²) in [4.78, 5) is 10.2. The molecule has 1 aliphatic heterocycles. The fourth-order valence-corrected chi connectivity index (χ4v) is 1.78. The highest BCUT2D eigenvalue weighted by molar-refractivity contribution is 5.58. The summed E-state index contributed by atoms with van der Waals surface area (Å²) in [6, 6.07) is 5.24. The summed E-state index contributed by atoms with van der Waals surface area (Å²) in [7, 11) is 0. The molecule has 0 aromatic heterocycles. The van der Waals surface area contributed by atoms with E-state index < -0.39 is 12.2 Å². The molecule has 0 aliphatic carbocycles. The minimum Gasteiger partial charge on any atom is -0.508 e. The molecule has 1 aliphatic rings. The van der Waals surface area contributed by atoms with Gasteiger partial charge in [-0.05, 0) is 24.6 Å². The molecule has 2 N–H and O–H groups in total.